The van der Waals surface area contributed by atoms with Crippen LogP contribution in [-0.2, 0) is 12.8 Å². The Morgan fingerprint density at radius 2 is 1.71 bits per heavy atom. The number of aryl methyl sites for hydroxylation is 2. The second-order valence-corrected chi connectivity index (χ2v) is 7.33. The highest BCUT2D eigenvalue weighted by Crippen LogP contribution is 2.26. The summed E-state index contributed by atoms with van der Waals surface area (Å²) < 4.78 is 1.69. The molecule has 0 aliphatic rings. The van der Waals surface area contributed by atoms with Crippen molar-refractivity contribution >= 4 is 17.6 Å². The summed E-state index contributed by atoms with van der Waals surface area (Å²) in [6.45, 7) is 3.82. The monoisotopic (exact) mass is 415 g/mol. The Hall–Kier alpha value is -4.00. The number of benzene rings is 2. The summed E-state index contributed by atoms with van der Waals surface area (Å²) >= 11 is 0. The molecule has 0 bridgehead atoms. The largest absolute Gasteiger partial charge is 0.478 e. The fraction of sp³-hybridized carbons (Fsp3) is 0.167. The third kappa shape index (κ3) is 3.77. The van der Waals surface area contributed by atoms with Crippen LogP contribution >= 0.6 is 0 Å². The van der Waals surface area contributed by atoms with Crippen LogP contribution in [0.2, 0.25) is 0 Å². The normalized spacial score (nSPS) is 11.0. The van der Waals surface area contributed by atoms with Crippen LogP contribution in [0.1, 0.15) is 50.3 Å². The predicted molar refractivity (Wildman–Crippen MR) is 116 cm³/mol. The molecule has 0 fully saturated rings. The molecule has 0 aliphatic heterocycles. The van der Waals surface area contributed by atoms with Crippen LogP contribution in [0.25, 0.3) is 16.8 Å². The molecular formula is C24H21N3O4. The number of carbonyl (C=O) groups is 2. The number of aromatic carboxylic acids is 2. The molecular weight excluding hydrogens is 394 g/mol. The first-order chi connectivity index (χ1) is 14.9. The van der Waals surface area contributed by atoms with E-state index in [4.69, 9.17) is 0 Å². The highest BCUT2D eigenvalue weighted by atomic mass is 16.4. The van der Waals surface area contributed by atoms with Crippen molar-refractivity contribution in [2.75, 3.05) is 0 Å². The van der Waals surface area contributed by atoms with Gasteiger partial charge >= 0.3 is 11.9 Å². The Kier molecular flexibility index (Phi) is 5.25. The summed E-state index contributed by atoms with van der Waals surface area (Å²) in [6, 6.07) is 16.1. The number of hydrogen-bond acceptors (Lipinski definition) is 4. The molecule has 0 radical (unpaired) electrons. The zero-order valence-corrected chi connectivity index (χ0v) is 17.2. The van der Waals surface area contributed by atoms with Gasteiger partial charge in [0.2, 0.25) is 0 Å². The lowest BCUT2D eigenvalue weighted by Crippen LogP contribution is -2.06. The Balaban J connectivity index is 1.73. The van der Waals surface area contributed by atoms with Crippen molar-refractivity contribution in [3.8, 4) is 11.1 Å². The van der Waals surface area contributed by atoms with Crippen molar-refractivity contribution in [2.45, 2.75) is 26.7 Å². The number of carboxylic acid groups (broad SMARTS) is 2. The molecule has 0 amide bonds. The van der Waals surface area contributed by atoms with Crippen LogP contribution in [0.15, 0.2) is 54.6 Å². The van der Waals surface area contributed by atoms with E-state index in [1.54, 1.807) is 22.7 Å². The quantitative estimate of drug-likeness (QED) is 0.488. The molecule has 7 nitrogen and oxygen atoms in total. The van der Waals surface area contributed by atoms with Crippen molar-refractivity contribution in [2.24, 2.45) is 0 Å². The Bertz CT molecular complexity index is 1310. The van der Waals surface area contributed by atoms with Crippen molar-refractivity contribution < 1.29 is 19.8 Å². The van der Waals surface area contributed by atoms with Gasteiger partial charge in [0.25, 0.3) is 0 Å². The minimum atomic E-state index is -1.07. The highest BCUT2D eigenvalue weighted by Gasteiger charge is 2.18. The highest BCUT2D eigenvalue weighted by molar-refractivity contribution is 5.96. The molecule has 2 aromatic heterocycles. The summed E-state index contributed by atoms with van der Waals surface area (Å²) in [5.74, 6) is -2.04. The summed E-state index contributed by atoms with van der Waals surface area (Å²) in [5.41, 5.74) is 5.77. The lowest BCUT2D eigenvalue weighted by Gasteiger charge is -2.08. The van der Waals surface area contributed by atoms with Gasteiger partial charge in [-0.25, -0.2) is 19.1 Å². The van der Waals surface area contributed by atoms with Crippen molar-refractivity contribution in [1.29, 1.82) is 0 Å². The number of aromatic nitrogens is 3. The van der Waals surface area contributed by atoms with Gasteiger partial charge in [0.05, 0.1) is 11.3 Å². The van der Waals surface area contributed by atoms with E-state index in [1.807, 2.05) is 44.2 Å². The van der Waals surface area contributed by atoms with Gasteiger partial charge in [-0.15, -0.1) is 0 Å². The fourth-order valence-electron chi connectivity index (χ4n) is 3.75. The molecule has 2 aromatic carbocycles. The summed E-state index contributed by atoms with van der Waals surface area (Å²) in [5, 5.41) is 23.4. The van der Waals surface area contributed by atoms with Crippen LogP contribution in [0.3, 0.4) is 0 Å². The summed E-state index contributed by atoms with van der Waals surface area (Å²) in [7, 11) is 0. The molecule has 0 unspecified atom stereocenters. The molecule has 0 spiro atoms. The zero-order valence-electron chi connectivity index (χ0n) is 17.2. The van der Waals surface area contributed by atoms with E-state index in [-0.39, 0.29) is 11.3 Å². The molecule has 0 saturated heterocycles. The van der Waals surface area contributed by atoms with Gasteiger partial charge in [-0.05, 0) is 42.2 Å². The minimum Gasteiger partial charge on any atom is -0.478 e. The van der Waals surface area contributed by atoms with Crippen molar-refractivity contribution in [3.63, 3.8) is 0 Å². The predicted octanol–water partition coefficient (Wildman–Crippen LogP) is 4.25. The van der Waals surface area contributed by atoms with E-state index in [0.717, 1.165) is 22.4 Å². The van der Waals surface area contributed by atoms with E-state index in [9.17, 15) is 19.8 Å². The molecule has 0 aliphatic carbocycles. The Labute approximate surface area is 178 Å². The van der Waals surface area contributed by atoms with E-state index in [2.05, 4.69) is 10.1 Å². The maximum absolute atomic E-state index is 11.5. The number of hydrogen-bond donors (Lipinski definition) is 2. The second-order valence-electron chi connectivity index (χ2n) is 7.33. The van der Waals surface area contributed by atoms with Crippen molar-refractivity contribution in [3.05, 3.63) is 88.4 Å². The molecule has 0 saturated carbocycles. The summed E-state index contributed by atoms with van der Waals surface area (Å²) in [6.07, 6.45) is 1.24. The maximum atomic E-state index is 11.5. The van der Waals surface area contributed by atoms with E-state index in [0.29, 0.717) is 29.7 Å². The van der Waals surface area contributed by atoms with Crippen LogP contribution in [0.4, 0.5) is 0 Å². The van der Waals surface area contributed by atoms with Gasteiger partial charge in [-0.3, -0.25) is 0 Å². The number of nitrogens with zero attached hydrogens (tertiary/aromatic N) is 3. The average Bonchev–Trinajstić information content (AvgIpc) is 3.12. The smallest absolute Gasteiger partial charge is 0.354 e. The van der Waals surface area contributed by atoms with Crippen LogP contribution in [0, 0.1) is 6.92 Å². The standard InChI is InChI=1S/C24H21N3O4/c1-3-20-19(22-25-21(24(30)31)12-14(2)27(22)26-20)13-15-8-10-16(11-9-15)17-6-4-5-7-18(17)23(28)29/h4-12H,3,13H2,1-2H3,(H,28,29)(H,30,31). The van der Waals surface area contributed by atoms with Crippen molar-refractivity contribution in [1.82, 2.24) is 14.6 Å². The number of fused-ring (bicyclic) bond motifs is 1. The number of carboxylic acids is 2. The van der Waals surface area contributed by atoms with E-state index in [1.165, 1.54) is 6.07 Å². The number of rotatable bonds is 6. The van der Waals surface area contributed by atoms with Crippen LogP contribution in [-0.4, -0.2) is 36.7 Å². The molecule has 7 heteroatoms. The van der Waals surface area contributed by atoms with Gasteiger partial charge in [-0.1, -0.05) is 49.4 Å². The maximum Gasteiger partial charge on any atom is 0.354 e. The minimum absolute atomic E-state index is 0.00516. The molecule has 0 atom stereocenters. The topological polar surface area (TPSA) is 105 Å². The van der Waals surface area contributed by atoms with Gasteiger partial charge in [0.15, 0.2) is 11.3 Å². The van der Waals surface area contributed by atoms with Gasteiger partial charge in [-0.2, -0.15) is 5.10 Å². The third-order valence-electron chi connectivity index (χ3n) is 5.30. The van der Waals surface area contributed by atoms with Crippen LogP contribution in [0.5, 0.6) is 0 Å². The molecule has 2 heterocycles. The molecule has 2 N–H and O–H groups in total. The molecule has 156 valence electrons. The first kappa shape index (κ1) is 20.3. The third-order valence-corrected chi connectivity index (χ3v) is 5.30. The zero-order chi connectivity index (χ0) is 22.1. The summed E-state index contributed by atoms with van der Waals surface area (Å²) in [4.78, 5) is 27.3. The molecule has 4 aromatic rings. The molecule has 31 heavy (non-hydrogen) atoms. The van der Waals surface area contributed by atoms with Gasteiger partial charge in [0, 0.05) is 17.7 Å². The lowest BCUT2D eigenvalue weighted by atomic mass is 9.97. The Morgan fingerprint density at radius 1 is 1.00 bits per heavy atom. The average molecular weight is 415 g/mol. The molecule has 4 rings (SSSR count). The van der Waals surface area contributed by atoms with E-state index < -0.39 is 11.9 Å². The van der Waals surface area contributed by atoms with Gasteiger partial charge in [0.1, 0.15) is 0 Å². The lowest BCUT2D eigenvalue weighted by molar-refractivity contribution is 0.0682. The van der Waals surface area contributed by atoms with Gasteiger partial charge < -0.3 is 10.2 Å². The Morgan fingerprint density at radius 3 is 2.35 bits per heavy atom. The second kappa shape index (κ2) is 8.02. The first-order valence-corrected chi connectivity index (χ1v) is 9.92. The first-order valence-electron chi connectivity index (χ1n) is 9.92. The fourth-order valence-corrected chi connectivity index (χ4v) is 3.75. The SMILES string of the molecule is CCc1nn2c(C)cc(C(=O)O)nc2c1Cc1ccc(-c2ccccc2C(=O)O)cc1. The van der Waals surface area contributed by atoms with Crippen LogP contribution < -0.4 is 0 Å². The van der Waals surface area contributed by atoms with E-state index >= 15 is 0 Å².